The molecule has 24 heavy (non-hydrogen) atoms. The van der Waals surface area contributed by atoms with E-state index in [4.69, 9.17) is 11.6 Å². The number of hydrogen-bond donors (Lipinski definition) is 1. The van der Waals surface area contributed by atoms with Crippen LogP contribution < -0.4 is 5.43 Å². The first-order valence-corrected chi connectivity index (χ1v) is 9.03. The molecule has 1 aliphatic carbocycles. The first-order valence-electron chi connectivity index (χ1n) is 7.84. The Bertz CT molecular complexity index is 879. The lowest BCUT2D eigenvalue weighted by molar-refractivity contribution is 0.0959. The van der Waals surface area contributed by atoms with Crippen molar-refractivity contribution >= 4 is 44.6 Å². The summed E-state index contributed by atoms with van der Waals surface area (Å²) < 4.78 is 0.997. The predicted octanol–water partition coefficient (Wildman–Crippen LogP) is 5.57. The summed E-state index contributed by atoms with van der Waals surface area (Å²) in [6, 6.07) is 7.73. The zero-order valence-corrected chi connectivity index (χ0v) is 15.3. The summed E-state index contributed by atoms with van der Waals surface area (Å²) in [5, 5.41) is 5.73. The van der Waals surface area contributed by atoms with Crippen LogP contribution in [0.25, 0.3) is 10.1 Å². The summed E-state index contributed by atoms with van der Waals surface area (Å²) in [6.45, 7) is 8.08. The fraction of sp³-hybridized carbons (Fsp3) is 0.263. The quantitative estimate of drug-likeness (QED) is 0.565. The lowest BCUT2D eigenvalue weighted by atomic mass is 9.85. The molecule has 0 fully saturated rings. The van der Waals surface area contributed by atoms with Crippen LogP contribution in [0.1, 0.15) is 36.4 Å². The maximum atomic E-state index is 12.5. The maximum absolute atomic E-state index is 12.5. The molecule has 1 N–H and O–H groups in total. The van der Waals surface area contributed by atoms with Gasteiger partial charge in [-0.1, -0.05) is 48.0 Å². The molecule has 124 valence electrons. The van der Waals surface area contributed by atoms with Crippen molar-refractivity contribution in [2.45, 2.75) is 26.7 Å². The van der Waals surface area contributed by atoms with Gasteiger partial charge < -0.3 is 0 Å². The summed E-state index contributed by atoms with van der Waals surface area (Å²) in [6.07, 6.45) is 3.94. The second-order valence-corrected chi connectivity index (χ2v) is 7.54. The molecule has 1 heterocycles. The van der Waals surface area contributed by atoms with Gasteiger partial charge in [0.15, 0.2) is 0 Å². The lowest BCUT2D eigenvalue weighted by Crippen LogP contribution is -2.22. The van der Waals surface area contributed by atoms with Gasteiger partial charge in [0.2, 0.25) is 0 Å². The Kier molecular flexibility index (Phi) is 4.88. The van der Waals surface area contributed by atoms with Crippen LogP contribution in [0.4, 0.5) is 0 Å². The lowest BCUT2D eigenvalue weighted by Gasteiger charge is -2.22. The average Bonchev–Trinajstić information content (AvgIpc) is 2.91. The molecule has 1 amide bonds. The van der Waals surface area contributed by atoms with Crippen LogP contribution in [0.15, 0.2) is 53.2 Å². The van der Waals surface area contributed by atoms with Crippen molar-refractivity contribution in [1.82, 2.24) is 5.43 Å². The van der Waals surface area contributed by atoms with Crippen molar-refractivity contribution in [3.05, 3.63) is 58.0 Å². The molecule has 0 bridgehead atoms. The number of amides is 1. The Labute approximate surface area is 150 Å². The Balaban J connectivity index is 1.81. The van der Waals surface area contributed by atoms with E-state index in [0.29, 0.717) is 15.8 Å². The molecule has 0 saturated carbocycles. The van der Waals surface area contributed by atoms with Gasteiger partial charge in [-0.15, -0.1) is 11.3 Å². The summed E-state index contributed by atoms with van der Waals surface area (Å²) in [7, 11) is 0. The fourth-order valence-corrected chi connectivity index (χ4v) is 4.16. The molecule has 0 aliphatic heterocycles. The summed E-state index contributed by atoms with van der Waals surface area (Å²) in [4.78, 5) is 13.0. The largest absolute Gasteiger partial charge is 0.283 e. The maximum Gasteiger partial charge on any atom is 0.283 e. The first kappa shape index (κ1) is 16.9. The van der Waals surface area contributed by atoms with Crippen LogP contribution in [0.3, 0.4) is 0 Å². The van der Waals surface area contributed by atoms with Crippen molar-refractivity contribution in [3.63, 3.8) is 0 Å². The van der Waals surface area contributed by atoms with Gasteiger partial charge in [0, 0.05) is 10.1 Å². The van der Waals surface area contributed by atoms with Gasteiger partial charge in [0.05, 0.1) is 10.7 Å². The van der Waals surface area contributed by atoms with Gasteiger partial charge in [-0.05, 0) is 44.2 Å². The van der Waals surface area contributed by atoms with E-state index in [2.05, 4.69) is 23.2 Å². The topological polar surface area (TPSA) is 41.5 Å². The van der Waals surface area contributed by atoms with E-state index in [9.17, 15) is 4.79 Å². The number of nitrogens with one attached hydrogen (secondary N) is 1. The van der Waals surface area contributed by atoms with Crippen molar-refractivity contribution in [2.75, 3.05) is 0 Å². The summed E-state index contributed by atoms with van der Waals surface area (Å²) in [5.41, 5.74) is 5.82. The van der Waals surface area contributed by atoms with E-state index in [1.54, 1.807) is 0 Å². The molecule has 0 radical (unpaired) electrons. The Morgan fingerprint density at radius 2 is 2.17 bits per heavy atom. The van der Waals surface area contributed by atoms with Gasteiger partial charge in [-0.2, -0.15) is 5.10 Å². The molecule has 1 atom stereocenters. The molecule has 0 unspecified atom stereocenters. The molecule has 2 aromatic rings. The van der Waals surface area contributed by atoms with Gasteiger partial charge >= 0.3 is 0 Å². The van der Waals surface area contributed by atoms with E-state index in [1.807, 2.05) is 38.1 Å². The number of halogens is 1. The number of fused-ring (bicyclic) bond motifs is 1. The highest BCUT2D eigenvalue weighted by Gasteiger charge is 2.20. The van der Waals surface area contributed by atoms with Gasteiger partial charge in [0.25, 0.3) is 5.91 Å². The third kappa shape index (κ3) is 3.30. The number of carbonyl (C=O) groups is 1. The smallest absolute Gasteiger partial charge is 0.266 e. The summed E-state index contributed by atoms with van der Waals surface area (Å²) >= 11 is 7.73. The molecular formula is C19H19ClN2OS. The highest BCUT2D eigenvalue weighted by Crippen LogP contribution is 2.35. The van der Waals surface area contributed by atoms with Gasteiger partial charge in [-0.3, -0.25) is 4.79 Å². The van der Waals surface area contributed by atoms with Crippen molar-refractivity contribution < 1.29 is 4.79 Å². The zero-order chi connectivity index (χ0) is 17.3. The number of hydrogen-bond acceptors (Lipinski definition) is 3. The normalized spacial score (nSPS) is 19.4. The molecule has 1 aromatic heterocycles. The molecule has 0 spiro atoms. The minimum atomic E-state index is -0.265. The highest BCUT2D eigenvalue weighted by molar-refractivity contribution is 7.21. The van der Waals surface area contributed by atoms with Crippen LogP contribution in [0.2, 0.25) is 5.02 Å². The fourth-order valence-electron chi connectivity index (χ4n) is 2.75. The minimum absolute atomic E-state index is 0.265. The number of thiophene rings is 1. The first-order chi connectivity index (χ1) is 11.5. The van der Waals surface area contributed by atoms with Crippen LogP contribution in [0, 0.1) is 5.92 Å². The second-order valence-electron chi connectivity index (χ2n) is 6.11. The number of hydrazone groups is 1. The molecule has 3 rings (SSSR count). The molecule has 1 aromatic carbocycles. The molecule has 5 heteroatoms. The van der Waals surface area contributed by atoms with Crippen LogP contribution in [-0.2, 0) is 0 Å². The van der Waals surface area contributed by atoms with Crippen molar-refractivity contribution in [2.24, 2.45) is 11.0 Å². The third-order valence-corrected chi connectivity index (χ3v) is 6.01. The van der Waals surface area contributed by atoms with E-state index >= 15 is 0 Å². The minimum Gasteiger partial charge on any atom is -0.266 e. The van der Waals surface area contributed by atoms with Crippen molar-refractivity contribution in [1.29, 1.82) is 0 Å². The number of allylic oxidation sites excluding steroid dienone is 3. The number of nitrogens with zero attached hydrogens (tertiary/aromatic N) is 1. The third-order valence-electron chi connectivity index (χ3n) is 4.33. The van der Waals surface area contributed by atoms with E-state index in [0.717, 1.165) is 39.8 Å². The monoisotopic (exact) mass is 358 g/mol. The predicted molar refractivity (Wildman–Crippen MR) is 103 cm³/mol. The Morgan fingerprint density at radius 1 is 1.42 bits per heavy atom. The SMILES string of the molecule is C=C(C)[C@H]1CC=C(C)/C(=N/NC(=O)c2sc3ccccc3c2Cl)C1. The second kappa shape index (κ2) is 6.91. The standard InChI is InChI=1S/C19H19ClN2OS/c1-11(2)13-9-8-12(3)15(10-13)21-22-19(23)18-17(20)14-6-4-5-7-16(14)24-18/h4-8,13H,1,9-10H2,2-3H3,(H,22,23)/b21-15+/t13-/m0/s1. The van der Waals surface area contributed by atoms with Crippen LogP contribution in [-0.4, -0.2) is 11.6 Å². The summed E-state index contributed by atoms with van der Waals surface area (Å²) in [5.74, 6) is 0.121. The van der Waals surface area contributed by atoms with Gasteiger partial charge in [0.1, 0.15) is 4.88 Å². The number of benzene rings is 1. The van der Waals surface area contributed by atoms with Crippen molar-refractivity contribution in [3.8, 4) is 0 Å². The highest BCUT2D eigenvalue weighted by atomic mass is 35.5. The molecule has 1 aliphatic rings. The Hall–Kier alpha value is -1.91. The average molecular weight is 359 g/mol. The molecule has 0 saturated heterocycles. The number of carbonyl (C=O) groups excluding carboxylic acids is 1. The Morgan fingerprint density at radius 3 is 2.88 bits per heavy atom. The van der Waals surface area contributed by atoms with Gasteiger partial charge in [-0.25, -0.2) is 5.43 Å². The molecule has 3 nitrogen and oxygen atoms in total. The number of rotatable bonds is 3. The van der Waals surface area contributed by atoms with E-state index in [1.165, 1.54) is 11.3 Å². The van der Waals surface area contributed by atoms with E-state index in [-0.39, 0.29) is 5.91 Å². The molecular weight excluding hydrogens is 340 g/mol. The van der Waals surface area contributed by atoms with Crippen LogP contribution in [0.5, 0.6) is 0 Å². The van der Waals surface area contributed by atoms with Crippen LogP contribution >= 0.6 is 22.9 Å². The zero-order valence-electron chi connectivity index (χ0n) is 13.7. The van der Waals surface area contributed by atoms with E-state index < -0.39 is 0 Å².